The van der Waals surface area contributed by atoms with Crippen LogP contribution in [-0.2, 0) is 0 Å². The monoisotopic (exact) mass is 209 g/mol. The van der Waals surface area contributed by atoms with E-state index in [4.69, 9.17) is 5.11 Å². The smallest absolute Gasteiger partial charge is 0.255 e. The fourth-order valence-electron chi connectivity index (χ4n) is 1.17. The lowest BCUT2D eigenvalue weighted by Gasteiger charge is -2.08. The summed E-state index contributed by atoms with van der Waals surface area (Å²) < 4.78 is 0. The quantitative estimate of drug-likeness (QED) is 0.690. The van der Waals surface area contributed by atoms with E-state index in [0.717, 1.165) is 5.56 Å². The fourth-order valence-corrected chi connectivity index (χ4v) is 1.17. The van der Waals surface area contributed by atoms with Crippen molar-refractivity contribution in [2.75, 3.05) is 6.54 Å². The highest BCUT2D eigenvalue weighted by atomic mass is 16.3. The van der Waals surface area contributed by atoms with Crippen LogP contribution < -0.4 is 5.32 Å². The minimum atomic E-state index is -0.596. The van der Waals surface area contributed by atoms with Gasteiger partial charge in [0.2, 0.25) is 0 Å². The second kappa shape index (κ2) is 4.79. The first kappa shape index (κ1) is 11.5. The number of nitrogens with one attached hydrogen (secondary N) is 1. The molecule has 0 radical (unpaired) electrons. The first-order valence-corrected chi connectivity index (χ1v) is 4.76. The SMILES string of the molecule is Cc1ccc(O)c(C(=O)NC[C@H](C)O)c1. The second-order valence-electron chi connectivity index (χ2n) is 3.58. The molecule has 0 aliphatic carbocycles. The highest BCUT2D eigenvalue weighted by Gasteiger charge is 2.11. The van der Waals surface area contributed by atoms with Gasteiger partial charge in [-0.1, -0.05) is 11.6 Å². The molecule has 3 N–H and O–H groups in total. The van der Waals surface area contributed by atoms with Crippen LogP contribution in [0.15, 0.2) is 18.2 Å². The minimum Gasteiger partial charge on any atom is -0.507 e. The molecule has 1 rings (SSSR count). The number of aliphatic hydroxyl groups is 1. The molecule has 82 valence electrons. The van der Waals surface area contributed by atoms with Crippen molar-refractivity contribution < 1.29 is 15.0 Å². The van der Waals surface area contributed by atoms with Crippen molar-refractivity contribution in [2.45, 2.75) is 20.0 Å². The molecule has 4 nitrogen and oxygen atoms in total. The minimum absolute atomic E-state index is 0.0521. The summed E-state index contributed by atoms with van der Waals surface area (Å²) in [6.45, 7) is 3.59. The molecule has 0 bridgehead atoms. The van der Waals surface area contributed by atoms with Gasteiger partial charge in [0.05, 0.1) is 11.7 Å². The van der Waals surface area contributed by atoms with E-state index < -0.39 is 6.10 Å². The van der Waals surface area contributed by atoms with E-state index in [2.05, 4.69) is 5.32 Å². The maximum atomic E-state index is 11.5. The number of hydrogen-bond acceptors (Lipinski definition) is 3. The molecule has 1 aromatic rings. The summed E-state index contributed by atoms with van der Waals surface area (Å²) in [5, 5.41) is 21.0. The average Bonchev–Trinajstić information content (AvgIpc) is 2.18. The van der Waals surface area contributed by atoms with Gasteiger partial charge in [0, 0.05) is 6.54 Å². The van der Waals surface area contributed by atoms with Gasteiger partial charge in [-0.05, 0) is 26.0 Å². The molecule has 0 saturated heterocycles. The normalized spacial score (nSPS) is 12.2. The van der Waals surface area contributed by atoms with Crippen LogP contribution in [0.25, 0.3) is 0 Å². The van der Waals surface area contributed by atoms with Crippen molar-refractivity contribution in [3.8, 4) is 5.75 Å². The second-order valence-corrected chi connectivity index (χ2v) is 3.58. The molecule has 0 aliphatic rings. The average molecular weight is 209 g/mol. The van der Waals surface area contributed by atoms with Crippen LogP contribution in [0.2, 0.25) is 0 Å². The Morgan fingerprint density at radius 3 is 2.80 bits per heavy atom. The summed E-state index contributed by atoms with van der Waals surface area (Å²) in [5.41, 5.74) is 1.13. The number of amides is 1. The third kappa shape index (κ3) is 3.25. The molecule has 15 heavy (non-hydrogen) atoms. The number of aromatic hydroxyl groups is 1. The summed E-state index contributed by atoms with van der Waals surface area (Å²) in [7, 11) is 0. The van der Waals surface area contributed by atoms with Crippen molar-refractivity contribution in [1.29, 1.82) is 0 Å². The summed E-state index contributed by atoms with van der Waals surface area (Å²) in [4.78, 5) is 11.5. The molecule has 0 saturated carbocycles. The van der Waals surface area contributed by atoms with Gasteiger partial charge in [-0.2, -0.15) is 0 Å². The molecule has 4 heteroatoms. The summed E-state index contributed by atoms with van der Waals surface area (Å²) >= 11 is 0. The largest absolute Gasteiger partial charge is 0.507 e. The van der Waals surface area contributed by atoms with Gasteiger partial charge in [-0.25, -0.2) is 0 Å². The Hall–Kier alpha value is -1.55. The first-order valence-electron chi connectivity index (χ1n) is 4.76. The van der Waals surface area contributed by atoms with Crippen LogP contribution in [0, 0.1) is 6.92 Å². The predicted molar refractivity (Wildman–Crippen MR) is 56.9 cm³/mol. The summed E-state index contributed by atoms with van der Waals surface area (Å²) in [5.74, 6) is -0.430. The highest BCUT2D eigenvalue weighted by molar-refractivity contribution is 5.96. The van der Waals surface area contributed by atoms with Gasteiger partial charge in [-0.15, -0.1) is 0 Å². The summed E-state index contributed by atoms with van der Waals surface area (Å²) in [6, 6.07) is 4.81. The van der Waals surface area contributed by atoms with Gasteiger partial charge >= 0.3 is 0 Å². The lowest BCUT2D eigenvalue weighted by Crippen LogP contribution is -2.30. The molecule has 1 atom stereocenters. The van der Waals surface area contributed by atoms with E-state index in [-0.39, 0.29) is 23.8 Å². The Bertz CT molecular complexity index is 361. The van der Waals surface area contributed by atoms with Crippen LogP contribution in [0.5, 0.6) is 5.75 Å². The molecular weight excluding hydrogens is 194 g/mol. The molecular formula is C11H15NO3. The lowest BCUT2D eigenvalue weighted by atomic mass is 10.1. The summed E-state index contributed by atoms with van der Waals surface area (Å²) in [6.07, 6.45) is -0.596. The molecule has 0 heterocycles. The number of phenols is 1. The molecule has 0 fully saturated rings. The third-order valence-corrected chi connectivity index (χ3v) is 1.95. The lowest BCUT2D eigenvalue weighted by molar-refractivity contribution is 0.0921. The van der Waals surface area contributed by atoms with Crippen LogP contribution in [0.4, 0.5) is 0 Å². The van der Waals surface area contributed by atoms with E-state index in [0.29, 0.717) is 0 Å². The molecule has 1 aromatic carbocycles. The van der Waals surface area contributed by atoms with E-state index in [1.54, 1.807) is 19.1 Å². The number of phenolic OH excluding ortho intramolecular Hbond substituents is 1. The Morgan fingerprint density at radius 1 is 1.53 bits per heavy atom. The third-order valence-electron chi connectivity index (χ3n) is 1.95. The van der Waals surface area contributed by atoms with Crippen molar-refractivity contribution in [3.63, 3.8) is 0 Å². The van der Waals surface area contributed by atoms with E-state index in [1.165, 1.54) is 6.07 Å². The van der Waals surface area contributed by atoms with Gasteiger partial charge < -0.3 is 15.5 Å². The predicted octanol–water partition coefficient (Wildman–Crippen LogP) is 0.811. The zero-order valence-corrected chi connectivity index (χ0v) is 8.82. The Morgan fingerprint density at radius 2 is 2.20 bits per heavy atom. The molecule has 1 amide bonds. The molecule has 0 spiro atoms. The number of carbonyl (C=O) groups excluding carboxylic acids is 1. The number of rotatable bonds is 3. The van der Waals surface area contributed by atoms with Crippen LogP contribution >= 0.6 is 0 Å². The van der Waals surface area contributed by atoms with E-state index in [1.807, 2.05) is 6.92 Å². The van der Waals surface area contributed by atoms with E-state index >= 15 is 0 Å². The zero-order valence-electron chi connectivity index (χ0n) is 8.82. The Balaban J connectivity index is 2.77. The van der Waals surface area contributed by atoms with Crippen molar-refractivity contribution in [2.24, 2.45) is 0 Å². The highest BCUT2D eigenvalue weighted by Crippen LogP contribution is 2.17. The van der Waals surface area contributed by atoms with Gasteiger partial charge in [0.25, 0.3) is 5.91 Å². The van der Waals surface area contributed by atoms with Crippen LogP contribution in [-0.4, -0.2) is 28.8 Å². The number of hydrogen-bond donors (Lipinski definition) is 3. The van der Waals surface area contributed by atoms with Crippen LogP contribution in [0.1, 0.15) is 22.8 Å². The Labute approximate surface area is 88.6 Å². The molecule has 0 aromatic heterocycles. The molecule has 0 unspecified atom stereocenters. The number of aryl methyl sites for hydroxylation is 1. The maximum absolute atomic E-state index is 11.5. The van der Waals surface area contributed by atoms with Crippen LogP contribution in [0.3, 0.4) is 0 Å². The maximum Gasteiger partial charge on any atom is 0.255 e. The topological polar surface area (TPSA) is 69.6 Å². The van der Waals surface area contributed by atoms with Crippen molar-refractivity contribution >= 4 is 5.91 Å². The Kier molecular flexibility index (Phi) is 3.68. The molecule has 0 aliphatic heterocycles. The fraction of sp³-hybridized carbons (Fsp3) is 0.364. The van der Waals surface area contributed by atoms with Gasteiger partial charge in [-0.3, -0.25) is 4.79 Å². The van der Waals surface area contributed by atoms with E-state index in [9.17, 15) is 9.90 Å². The first-order chi connectivity index (χ1) is 7.00. The number of carbonyl (C=O) groups is 1. The standard InChI is InChI=1S/C11H15NO3/c1-7-3-4-10(14)9(5-7)11(15)12-6-8(2)13/h3-5,8,13-14H,6H2,1-2H3,(H,12,15)/t8-/m0/s1. The zero-order chi connectivity index (χ0) is 11.4. The number of aliphatic hydroxyl groups excluding tert-OH is 1. The van der Waals surface area contributed by atoms with Crippen molar-refractivity contribution in [1.82, 2.24) is 5.32 Å². The van der Waals surface area contributed by atoms with Crippen molar-refractivity contribution in [3.05, 3.63) is 29.3 Å². The van der Waals surface area contributed by atoms with Gasteiger partial charge in [0.15, 0.2) is 0 Å². The number of benzene rings is 1. The van der Waals surface area contributed by atoms with Gasteiger partial charge in [0.1, 0.15) is 5.75 Å².